The van der Waals surface area contributed by atoms with Crippen molar-refractivity contribution in [2.75, 3.05) is 6.61 Å². The van der Waals surface area contributed by atoms with Gasteiger partial charge in [-0.3, -0.25) is 4.79 Å². The van der Waals surface area contributed by atoms with E-state index in [1.165, 1.54) is 22.9 Å². The number of ether oxygens (including phenoxy) is 1. The molecule has 0 aliphatic heterocycles. The van der Waals surface area contributed by atoms with Gasteiger partial charge in [-0.1, -0.05) is 30.0 Å². The van der Waals surface area contributed by atoms with Crippen LogP contribution in [-0.2, 0) is 9.53 Å². The number of carbonyl (C=O) groups is 1. The molecule has 0 saturated carbocycles. The smallest absolute Gasteiger partial charge is 0.319 e. The molecule has 0 bridgehead atoms. The zero-order valence-corrected chi connectivity index (χ0v) is 16.3. The van der Waals surface area contributed by atoms with Crippen molar-refractivity contribution in [3.8, 4) is 11.1 Å². The van der Waals surface area contributed by atoms with Crippen LogP contribution in [0.3, 0.4) is 0 Å². The Labute approximate surface area is 155 Å². The van der Waals surface area contributed by atoms with Gasteiger partial charge in [0.05, 0.1) is 12.0 Å². The van der Waals surface area contributed by atoms with Gasteiger partial charge in [0.15, 0.2) is 0 Å². The molecule has 0 N–H and O–H groups in total. The molecule has 0 saturated heterocycles. The number of aryl methyl sites for hydroxylation is 2. The maximum absolute atomic E-state index is 12.0. The highest BCUT2D eigenvalue weighted by Crippen LogP contribution is 2.39. The molecule has 3 aromatic rings. The monoisotopic (exact) mass is 372 g/mol. The van der Waals surface area contributed by atoms with Gasteiger partial charge >= 0.3 is 5.97 Å². The fraction of sp³-hybridized carbons (Fsp3) is 0.316. The number of nitrogens with zero attached hydrogens (tertiary/aromatic N) is 2. The zero-order valence-electron chi connectivity index (χ0n) is 14.7. The average Bonchev–Trinajstić information content (AvgIpc) is 3.02. The fourth-order valence-corrected chi connectivity index (χ4v) is 4.45. The van der Waals surface area contributed by atoms with Gasteiger partial charge in [0.25, 0.3) is 0 Å². The molecular formula is C19H20N2O2S2. The van der Waals surface area contributed by atoms with Crippen molar-refractivity contribution in [2.45, 2.75) is 38.0 Å². The summed E-state index contributed by atoms with van der Waals surface area (Å²) in [7, 11) is 0. The van der Waals surface area contributed by atoms with Crippen LogP contribution in [-0.4, -0.2) is 27.8 Å². The third-order valence-electron chi connectivity index (χ3n) is 4.06. The predicted molar refractivity (Wildman–Crippen MR) is 104 cm³/mol. The van der Waals surface area contributed by atoms with E-state index in [1.807, 2.05) is 13.8 Å². The van der Waals surface area contributed by atoms with Gasteiger partial charge in [0, 0.05) is 10.9 Å². The standard InChI is InChI=1S/C19H20N2O2S2/c1-5-23-19(22)13(4)25-18-16-15(9-24-17(16)20-10-21-18)14-7-6-11(2)12(3)8-14/h6-10,13H,5H2,1-4H3/t13-/m1/s1. The van der Waals surface area contributed by atoms with Crippen molar-refractivity contribution in [3.63, 3.8) is 0 Å². The van der Waals surface area contributed by atoms with E-state index in [0.717, 1.165) is 26.4 Å². The number of carbonyl (C=O) groups excluding carboxylic acids is 1. The summed E-state index contributed by atoms with van der Waals surface area (Å²) in [5.41, 5.74) is 4.78. The highest BCUT2D eigenvalue weighted by molar-refractivity contribution is 8.00. The number of hydrogen-bond acceptors (Lipinski definition) is 6. The molecule has 25 heavy (non-hydrogen) atoms. The zero-order chi connectivity index (χ0) is 18.0. The van der Waals surface area contributed by atoms with Crippen LogP contribution >= 0.6 is 23.1 Å². The van der Waals surface area contributed by atoms with Crippen molar-refractivity contribution >= 4 is 39.3 Å². The number of hydrogen-bond donors (Lipinski definition) is 0. The van der Waals surface area contributed by atoms with Gasteiger partial charge in [-0.25, -0.2) is 9.97 Å². The summed E-state index contributed by atoms with van der Waals surface area (Å²) < 4.78 is 5.11. The van der Waals surface area contributed by atoms with Gasteiger partial charge < -0.3 is 4.74 Å². The van der Waals surface area contributed by atoms with Gasteiger partial charge in [0.2, 0.25) is 0 Å². The molecule has 130 valence electrons. The number of rotatable bonds is 5. The third kappa shape index (κ3) is 3.70. The molecule has 1 aromatic carbocycles. The molecular weight excluding hydrogens is 352 g/mol. The van der Waals surface area contributed by atoms with Crippen molar-refractivity contribution in [1.82, 2.24) is 9.97 Å². The highest BCUT2D eigenvalue weighted by atomic mass is 32.2. The van der Waals surface area contributed by atoms with Crippen LogP contribution in [0.1, 0.15) is 25.0 Å². The van der Waals surface area contributed by atoms with Crippen molar-refractivity contribution < 1.29 is 9.53 Å². The Morgan fingerprint density at radius 2 is 2.08 bits per heavy atom. The summed E-state index contributed by atoms with van der Waals surface area (Å²) in [5, 5.41) is 3.63. The molecule has 0 spiro atoms. The van der Waals surface area contributed by atoms with Crippen LogP contribution in [0.4, 0.5) is 0 Å². The Hall–Kier alpha value is -1.92. The van der Waals surface area contributed by atoms with Crippen LogP contribution in [0.5, 0.6) is 0 Å². The maximum Gasteiger partial charge on any atom is 0.319 e. The maximum atomic E-state index is 12.0. The Bertz CT molecular complexity index is 921. The second kappa shape index (κ2) is 7.54. The van der Waals surface area contributed by atoms with Gasteiger partial charge in [0.1, 0.15) is 21.4 Å². The summed E-state index contributed by atoms with van der Waals surface area (Å²) in [6.07, 6.45) is 1.56. The highest BCUT2D eigenvalue weighted by Gasteiger charge is 2.20. The van der Waals surface area contributed by atoms with Crippen molar-refractivity contribution in [1.29, 1.82) is 0 Å². The van der Waals surface area contributed by atoms with Crippen LogP contribution in [0.15, 0.2) is 34.9 Å². The van der Waals surface area contributed by atoms with E-state index in [2.05, 4.69) is 47.4 Å². The molecule has 4 nitrogen and oxygen atoms in total. The first-order chi connectivity index (χ1) is 12.0. The fourth-order valence-electron chi connectivity index (χ4n) is 2.53. The molecule has 2 aromatic heterocycles. The summed E-state index contributed by atoms with van der Waals surface area (Å²) in [4.78, 5) is 21.7. The second-order valence-corrected chi connectivity index (χ2v) is 8.01. The lowest BCUT2D eigenvalue weighted by Gasteiger charge is -2.11. The largest absolute Gasteiger partial charge is 0.465 e. The lowest BCUT2D eigenvalue weighted by atomic mass is 10.0. The Morgan fingerprint density at radius 3 is 2.80 bits per heavy atom. The van der Waals surface area contributed by atoms with Gasteiger partial charge in [-0.2, -0.15) is 0 Å². The van der Waals surface area contributed by atoms with Gasteiger partial charge in [-0.15, -0.1) is 11.3 Å². The molecule has 6 heteroatoms. The van der Waals surface area contributed by atoms with E-state index >= 15 is 0 Å². The number of thioether (sulfide) groups is 1. The van der Waals surface area contributed by atoms with Crippen LogP contribution < -0.4 is 0 Å². The molecule has 1 atom stereocenters. The molecule has 0 radical (unpaired) electrons. The van der Waals surface area contributed by atoms with Crippen LogP contribution in [0, 0.1) is 13.8 Å². The summed E-state index contributed by atoms with van der Waals surface area (Å²) in [5.74, 6) is -0.220. The van der Waals surface area contributed by atoms with E-state index in [1.54, 1.807) is 17.7 Å². The quantitative estimate of drug-likeness (QED) is 0.358. The van der Waals surface area contributed by atoms with Crippen LogP contribution in [0.25, 0.3) is 21.3 Å². The van der Waals surface area contributed by atoms with E-state index < -0.39 is 0 Å². The molecule has 3 rings (SSSR count). The molecule has 0 aliphatic rings. The lowest BCUT2D eigenvalue weighted by molar-refractivity contribution is -0.142. The van der Waals surface area contributed by atoms with Crippen LogP contribution in [0.2, 0.25) is 0 Å². The van der Waals surface area contributed by atoms with Crippen molar-refractivity contribution in [3.05, 3.63) is 41.0 Å². The van der Waals surface area contributed by atoms with E-state index in [-0.39, 0.29) is 11.2 Å². The van der Waals surface area contributed by atoms with E-state index in [0.29, 0.717) is 6.61 Å². The minimum Gasteiger partial charge on any atom is -0.465 e. The lowest BCUT2D eigenvalue weighted by Crippen LogP contribution is -2.16. The topological polar surface area (TPSA) is 52.1 Å². The van der Waals surface area contributed by atoms with E-state index in [9.17, 15) is 4.79 Å². The first-order valence-corrected chi connectivity index (χ1v) is 9.90. The third-order valence-corrected chi connectivity index (χ3v) is 6.03. The Balaban J connectivity index is 2.04. The molecule has 0 fully saturated rings. The molecule has 0 unspecified atom stereocenters. The minimum atomic E-state index is -0.314. The number of aromatic nitrogens is 2. The first-order valence-electron chi connectivity index (χ1n) is 8.14. The average molecular weight is 373 g/mol. The number of esters is 1. The normalized spacial score (nSPS) is 12.3. The molecule has 0 aliphatic carbocycles. The predicted octanol–water partition coefficient (Wildman–Crippen LogP) is 5.02. The SMILES string of the molecule is CCOC(=O)[C@@H](C)Sc1ncnc2scc(-c3ccc(C)c(C)c3)c12. The number of fused-ring (bicyclic) bond motifs is 1. The molecule has 2 heterocycles. The minimum absolute atomic E-state index is 0.220. The summed E-state index contributed by atoms with van der Waals surface area (Å²) in [6, 6.07) is 6.44. The summed E-state index contributed by atoms with van der Waals surface area (Å²) >= 11 is 3.02. The number of thiophene rings is 1. The second-order valence-electron chi connectivity index (χ2n) is 5.82. The Morgan fingerprint density at radius 1 is 1.28 bits per heavy atom. The van der Waals surface area contributed by atoms with Gasteiger partial charge in [-0.05, 0) is 44.4 Å². The first kappa shape index (κ1) is 17.9. The van der Waals surface area contributed by atoms with E-state index in [4.69, 9.17) is 4.74 Å². The van der Waals surface area contributed by atoms with Crippen molar-refractivity contribution in [2.24, 2.45) is 0 Å². The Kier molecular flexibility index (Phi) is 5.39. The molecule has 0 amide bonds. The summed E-state index contributed by atoms with van der Waals surface area (Å²) in [6.45, 7) is 8.27. The number of benzene rings is 1.